The van der Waals surface area contributed by atoms with Gasteiger partial charge >= 0.3 is 0 Å². The van der Waals surface area contributed by atoms with Crippen molar-refractivity contribution in [1.29, 1.82) is 0 Å². The Hall–Kier alpha value is -0.970. The van der Waals surface area contributed by atoms with E-state index in [-0.39, 0.29) is 0 Å². The fourth-order valence-electron chi connectivity index (χ4n) is 0.457. The molecule has 0 rings (SSSR count). The van der Waals surface area contributed by atoms with Gasteiger partial charge in [0.15, 0.2) is 0 Å². The number of rotatable bonds is 2. The molecule has 0 saturated heterocycles. The van der Waals surface area contributed by atoms with Crippen LogP contribution in [0.2, 0.25) is 0 Å². The van der Waals surface area contributed by atoms with Crippen LogP contribution in [0.5, 0.6) is 0 Å². The van der Waals surface area contributed by atoms with Gasteiger partial charge in [0, 0.05) is 28.2 Å². The summed E-state index contributed by atoms with van der Waals surface area (Å²) < 4.78 is 0. The van der Waals surface area contributed by atoms with Gasteiger partial charge in [-0.25, -0.2) is 5.43 Å². The smallest absolute Gasteiger partial charge is 0.230 e. The van der Waals surface area contributed by atoms with E-state index in [0.717, 1.165) is 5.96 Å². The minimum absolute atomic E-state index is 0.741. The molecule has 0 heterocycles. The molecule has 0 bridgehead atoms. The van der Waals surface area contributed by atoms with E-state index < -0.39 is 0 Å². The Morgan fingerprint density at radius 3 is 2.20 bits per heavy atom. The lowest BCUT2D eigenvalue weighted by molar-refractivity contribution is 0.554. The quantitative estimate of drug-likeness (QED) is 0.258. The van der Waals surface area contributed by atoms with Gasteiger partial charge in [0.2, 0.25) is 5.96 Å². The van der Waals surface area contributed by atoms with E-state index >= 15 is 0 Å². The lowest BCUT2D eigenvalue weighted by Crippen LogP contribution is -2.43. The fraction of sp³-hybridized carbons (Fsp3) is 0.800. The van der Waals surface area contributed by atoms with Gasteiger partial charge in [0.25, 0.3) is 0 Å². The van der Waals surface area contributed by atoms with Crippen molar-refractivity contribution in [3.63, 3.8) is 0 Å². The summed E-state index contributed by atoms with van der Waals surface area (Å²) in [5, 5.41) is 3.93. The Labute approximate surface area is 61.4 Å². The highest BCUT2D eigenvalue weighted by molar-refractivity contribution is 5.78. The molecule has 0 aliphatic heterocycles. The summed E-state index contributed by atoms with van der Waals surface area (Å²) in [6, 6.07) is 0. The summed E-state index contributed by atoms with van der Waals surface area (Å²) in [6.45, 7) is 0. The van der Waals surface area contributed by atoms with E-state index in [1.54, 1.807) is 14.1 Å². The standard InChI is InChI=1S/C5H15N5/c1-6-8-5(9-7-2)10(3)4/h6-7H,1-4H3,(H,8,9). The van der Waals surface area contributed by atoms with Gasteiger partial charge in [0.1, 0.15) is 0 Å². The van der Waals surface area contributed by atoms with Crippen molar-refractivity contribution in [2.24, 2.45) is 5.10 Å². The van der Waals surface area contributed by atoms with E-state index in [2.05, 4.69) is 21.4 Å². The van der Waals surface area contributed by atoms with E-state index in [0.29, 0.717) is 0 Å². The van der Waals surface area contributed by atoms with Crippen molar-refractivity contribution in [2.45, 2.75) is 0 Å². The van der Waals surface area contributed by atoms with Crippen LogP contribution in [0.4, 0.5) is 0 Å². The molecule has 0 saturated carbocycles. The van der Waals surface area contributed by atoms with Crippen LogP contribution in [0.25, 0.3) is 0 Å². The van der Waals surface area contributed by atoms with Gasteiger partial charge in [-0.15, -0.1) is 5.10 Å². The molecule has 3 N–H and O–H groups in total. The van der Waals surface area contributed by atoms with Crippen LogP contribution < -0.4 is 16.3 Å². The molecule has 5 nitrogen and oxygen atoms in total. The lowest BCUT2D eigenvalue weighted by atomic mass is 10.8. The predicted molar refractivity (Wildman–Crippen MR) is 42.4 cm³/mol. The lowest BCUT2D eigenvalue weighted by Gasteiger charge is -2.15. The number of hydrogen-bond acceptors (Lipinski definition) is 3. The fourth-order valence-corrected chi connectivity index (χ4v) is 0.457. The zero-order valence-corrected chi connectivity index (χ0v) is 6.89. The molecule has 0 fully saturated rings. The molecule has 0 aliphatic rings. The highest BCUT2D eigenvalue weighted by Crippen LogP contribution is 1.73. The van der Waals surface area contributed by atoms with Crippen molar-refractivity contribution in [2.75, 3.05) is 28.2 Å². The topological polar surface area (TPSA) is 51.7 Å². The molecule has 60 valence electrons. The van der Waals surface area contributed by atoms with Gasteiger partial charge < -0.3 is 10.3 Å². The Morgan fingerprint density at radius 2 is 1.90 bits per heavy atom. The summed E-state index contributed by atoms with van der Waals surface area (Å²) in [4.78, 5) is 1.85. The zero-order chi connectivity index (χ0) is 7.98. The summed E-state index contributed by atoms with van der Waals surface area (Å²) in [6.07, 6.45) is 0. The Balaban J connectivity index is 3.85. The molecule has 0 unspecified atom stereocenters. The minimum atomic E-state index is 0.741. The Kier molecular flexibility index (Phi) is 4.39. The number of hydrogen-bond donors (Lipinski definition) is 3. The second kappa shape index (κ2) is 4.87. The van der Waals surface area contributed by atoms with Crippen LogP contribution in [0, 0.1) is 0 Å². The summed E-state index contributed by atoms with van der Waals surface area (Å²) in [7, 11) is 7.34. The first-order chi connectivity index (χ1) is 4.72. The van der Waals surface area contributed by atoms with Crippen molar-refractivity contribution in [3.8, 4) is 0 Å². The number of hydrazone groups is 1. The third-order valence-electron chi connectivity index (χ3n) is 0.878. The first-order valence-corrected chi connectivity index (χ1v) is 3.07. The van der Waals surface area contributed by atoms with Crippen molar-refractivity contribution < 1.29 is 0 Å². The number of hydrazine groups is 1. The van der Waals surface area contributed by atoms with Crippen molar-refractivity contribution in [1.82, 2.24) is 21.2 Å². The normalized spacial score (nSPS) is 11.0. The van der Waals surface area contributed by atoms with E-state index in [1.165, 1.54) is 0 Å². The zero-order valence-electron chi connectivity index (χ0n) is 6.89. The monoisotopic (exact) mass is 145 g/mol. The average Bonchev–Trinajstić information content (AvgIpc) is 1.87. The molecule has 0 aromatic carbocycles. The van der Waals surface area contributed by atoms with E-state index in [4.69, 9.17) is 0 Å². The third-order valence-corrected chi connectivity index (χ3v) is 0.878. The average molecular weight is 145 g/mol. The third kappa shape index (κ3) is 3.13. The van der Waals surface area contributed by atoms with Gasteiger partial charge in [-0.1, -0.05) is 0 Å². The van der Waals surface area contributed by atoms with Gasteiger partial charge in [-0.05, 0) is 0 Å². The van der Waals surface area contributed by atoms with Crippen LogP contribution in [0.1, 0.15) is 0 Å². The molecule has 0 aromatic heterocycles. The van der Waals surface area contributed by atoms with Crippen LogP contribution in [0.15, 0.2) is 5.10 Å². The molecular formula is C5H15N5. The largest absolute Gasteiger partial charge is 0.347 e. The minimum Gasteiger partial charge on any atom is -0.347 e. The van der Waals surface area contributed by atoms with Gasteiger partial charge in [0.05, 0.1) is 0 Å². The van der Waals surface area contributed by atoms with Crippen LogP contribution in [0.3, 0.4) is 0 Å². The molecular weight excluding hydrogens is 130 g/mol. The Bertz CT molecular complexity index is 109. The highest BCUT2D eigenvalue weighted by Gasteiger charge is 1.96. The van der Waals surface area contributed by atoms with E-state index in [1.807, 2.05) is 19.0 Å². The first kappa shape index (κ1) is 9.03. The van der Waals surface area contributed by atoms with Crippen molar-refractivity contribution >= 4 is 5.96 Å². The van der Waals surface area contributed by atoms with Gasteiger partial charge in [-0.2, -0.15) is 0 Å². The highest BCUT2D eigenvalue weighted by atomic mass is 15.5. The molecule has 0 amide bonds. The molecule has 0 atom stereocenters. The maximum absolute atomic E-state index is 3.93. The summed E-state index contributed by atoms with van der Waals surface area (Å²) in [5.74, 6) is 0.741. The summed E-state index contributed by atoms with van der Waals surface area (Å²) in [5.41, 5.74) is 8.30. The maximum Gasteiger partial charge on any atom is 0.230 e. The second-order valence-electron chi connectivity index (χ2n) is 1.93. The van der Waals surface area contributed by atoms with Crippen molar-refractivity contribution in [3.05, 3.63) is 0 Å². The SMILES string of the molecule is CNN=C(NNC)N(C)C. The van der Waals surface area contributed by atoms with Crippen LogP contribution in [-0.2, 0) is 0 Å². The number of nitrogens with zero attached hydrogens (tertiary/aromatic N) is 2. The molecule has 0 aromatic rings. The number of guanidine groups is 1. The predicted octanol–water partition coefficient (Wildman–Crippen LogP) is -1.24. The Morgan fingerprint density at radius 1 is 1.30 bits per heavy atom. The first-order valence-electron chi connectivity index (χ1n) is 3.07. The van der Waals surface area contributed by atoms with Crippen LogP contribution in [-0.4, -0.2) is 39.1 Å². The molecule has 5 heteroatoms. The molecule has 0 aliphatic carbocycles. The molecule has 0 radical (unpaired) electrons. The summed E-state index contributed by atoms with van der Waals surface area (Å²) >= 11 is 0. The molecule has 10 heavy (non-hydrogen) atoms. The van der Waals surface area contributed by atoms with Crippen LogP contribution >= 0.6 is 0 Å². The number of nitrogens with one attached hydrogen (secondary N) is 3. The molecule has 0 spiro atoms. The second-order valence-corrected chi connectivity index (χ2v) is 1.93. The van der Waals surface area contributed by atoms with Gasteiger partial charge in [-0.3, -0.25) is 5.43 Å². The van der Waals surface area contributed by atoms with E-state index in [9.17, 15) is 0 Å². The maximum atomic E-state index is 3.93.